The number of carbonyl (C=O) groups excluding carboxylic acids is 1. The Labute approximate surface area is 233 Å². The second-order valence-electron chi connectivity index (χ2n) is 11.4. The number of ether oxygens (including phenoxy) is 2. The van der Waals surface area contributed by atoms with Gasteiger partial charge in [0.2, 0.25) is 6.29 Å². The lowest BCUT2D eigenvalue weighted by molar-refractivity contribution is -0.919. The van der Waals surface area contributed by atoms with Crippen LogP contribution in [0.3, 0.4) is 0 Å². The first kappa shape index (κ1) is 31.9. The Hall–Kier alpha value is -2.33. The predicted molar refractivity (Wildman–Crippen MR) is 159 cm³/mol. The monoisotopic (exact) mass is 524 g/mol. The fraction of sp³-hybridized carbons (Fsp3) is 0.618. The van der Waals surface area contributed by atoms with Gasteiger partial charge in [-0.05, 0) is 30.5 Å². The molecule has 4 nitrogen and oxygen atoms in total. The average molecular weight is 525 g/mol. The van der Waals surface area contributed by atoms with Gasteiger partial charge in [-0.1, -0.05) is 121 Å². The van der Waals surface area contributed by atoms with Gasteiger partial charge in [-0.15, -0.1) is 0 Å². The molecule has 2 unspecified atom stereocenters. The summed E-state index contributed by atoms with van der Waals surface area (Å²) in [7, 11) is 4.17. The Kier molecular flexibility index (Phi) is 15.1. The maximum Gasteiger partial charge on any atom is 0.368 e. The molecule has 212 valence electrons. The number of rotatable bonds is 20. The van der Waals surface area contributed by atoms with Gasteiger partial charge in [-0.2, -0.15) is 0 Å². The van der Waals surface area contributed by atoms with Crippen LogP contribution in [-0.4, -0.2) is 36.9 Å². The lowest BCUT2D eigenvalue weighted by Crippen LogP contribution is -2.53. The molecule has 0 amide bonds. The van der Waals surface area contributed by atoms with Crippen molar-refractivity contribution in [2.75, 3.05) is 14.1 Å². The van der Waals surface area contributed by atoms with Gasteiger partial charge >= 0.3 is 5.97 Å². The standard InChI is InChI=1S/C34H54NO3/c1-6-8-9-10-11-12-13-14-15-16-18-21-30-24-26-32(27-25-30)37-29(3)38-34(36)33(7-2)35(4,5)28-31-22-19-17-20-23-31/h17,19-20,22-27,29,33H,6-16,18,21,28H2,1-5H3/q+1. The van der Waals surface area contributed by atoms with Crippen LogP contribution in [0.5, 0.6) is 5.75 Å². The first-order valence-electron chi connectivity index (χ1n) is 15.2. The number of aryl methyl sites for hydroxylation is 1. The van der Waals surface area contributed by atoms with E-state index < -0.39 is 6.29 Å². The van der Waals surface area contributed by atoms with Crippen molar-refractivity contribution in [3.8, 4) is 5.75 Å². The normalized spacial score (nSPS) is 13.2. The highest BCUT2D eigenvalue weighted by molar-refractivity contribution is 5.74. The molecule has 0 aromatic heterocycles. The Morgan fingerprint density at radius 3 is 1.84 bits per heavy atom. The summed E-state index contributed by atoms with van der Waals surface area (Å²) in [4.78, 5) is 13.0. The molecule has 0 bridgehead atoms. The molecule has 0 aliphatic heterocycles. The number of esters is 1. The minimum absolute atomic E-state index is 0.214. The van der Waals surface area contributed by atoms with E-state index in [0.29, 0.717) is 10.9 Å². The third-order valence-electron chi connectivity index (χ3n) is 7.51. The van der Waals surface area contributed by atoms with E-state index in [1.807, 2.05) is 37.3 Å². The maximum atomic E-state index is 13.0. The number of carbonyl (C=O) groups is 1. The third kappa shape index (κ3) is 12.5. The number of hydrogen-bond donors (Lipinski definition) is 0. The topological polar surface area (TPSA) is 35.5 Å². The number of benzene rings is 2. The fourth-order valence-corrected chi connectivity index (χ4v) is 5.30. The van der Waals surface area contributed by atoms with Crippen LogP contribution in [0.15, 0.2) is 54.6 Å². The van der Waals surface area contributed by atoms with Crippen LogP contribution in [-0.2, 0) is 22.5 Å². The zero-order chi connectivity index (χ0) is 27.6. The lowest BCUT2D eigenvalue weighted by atomic mass is 10.0. The summed E-state index contributed by atoms with van der Waals surface area (Å²) < 4.78 is 12.2. The Bertz CT molecular complexity index is 878. The van der Waals surface area contributed by atoms with Crippen molar-refractivity contribution in [2.45, 2.75) is 123 Å². The molecule has 38 heavy (non-hydrogen) atoms. The van der Waals surface area contributed by atoms with Gasteiger partial charge in [-0.25, -0.2) is 4.79 Å². The fourth-order valence-electron chi connectivity index (χ4n) is 5.30. The van der Waals surface area contributed by atoms with Gasteiger partial charge in [0, 0.05) is 18.9 Å². The molecule has 2 atom stereocenters. The summed E-state index contributed by atoms with van der Waals surface area (Å²) in [6.45, 7) is 6.88. The van der Waals surface area contributed by atoms with E-state index in [1.54, 1.807) is 6.92 Å². The summed E-state index contributed by atoms with van der Waals surface area (Å²) in [5.41, 5.74) is 2.55. The quantitative estimate of drug-likeness (QED) is 0.0751. The lowest BCUT2D eigenvalue weighted by Gasteiger charge is -2.36. The van der Waals surface area contributed by atoms with E-state index in [4.69, 9.17) is 9.47 Å². The van der Waals surface area contributed by atoms with E-state index in [-0.39, 0.29) is 12.0 Å². The first-order chi connectivity index (χ1) is 18.4. The largest absolute Gasteiger partial charge is 0.455 e. The molecular formula is C34H54NO3+. The van der Waals surface area contributed by atoms with Crippen molar-refractivity contribution >= 4 is 5.97 Å². The van der Waals surface area contributed by atoms with Gasteiger partial charge in [0.25, 0.3) is 0 Å². The minimum Gasteiger partial charge on any atom is -0.455 e. The molecule has 2 rings (SSSR count). The minimum atomic E-state index is -0.634. The maximum absolute atomic E-state index is 13.0. The number of likely N-dealkylation sites (N-methyl/N-ethyl adjacent to an activating group) is 1. The van der Waals surface area contributed by atoms with Crippen molar-refractivity contribution in [3.63, 3.8) is 0 Å². The number of hydrogen-bond acceptors (Lipinski definition) is 3. The molecule has 0 radical (unpaired) electrons. The van der Waals surface area contributed by atoms with Crippen molar-refractivity contribution in [2.24, 2.45) is 0 Å². The van der Waals surface area contributed by atoms with Gasteiger partial charge in [0.1, 0.15) is 12.3 Å². The molecule has 0 aliphatic carbocycles. The zero-order valence-corrected chi connectivity index (χ0v) is 24.9. The van der Waals surface area contributed by atoms with E-state index in [1.165, 1.54) is 81.8 Å². The molecule has 4 heteroatoms. The van der Waals surface area contributed by atoms with Crippen molar-refractivity contribution in [1.82, 2.24) is 0 Å². The molecule has 0 saturated heterocycles. The Morgan fingerprint density at radius 1 is 0.737 bits per heavy atom. The van der Waals surface area contributed by atoms with Crippen LogP contribution in [0.25, 0.3) is 0 Å². The highest BCUT2D eigenvalue weighted by Gasteiger charge is 2.36. The summed E-state index contributed by atoms with van der Waals surface area (Å²) in [5.74, 6) is 0.521. The smallest absolute Gasteiger partial charge is 0.368 e. The van der Waals surface area contributed by atoms with Crippen molar-refractivity contribution in [1.29, 1.82) is 0 Å². The Balaban J connectivity index is 1.67. The molecule has 0 fully saturated rings. The second-order valence-corrected chi connectivity index (χ2v) is 11.4. The van der Waals surface area contributed by atoms with Gasteiger partial charge in [0.15, 0.2) is 6.04 Å². The first-order valence-corrected chi connectivity index (χ1v) is 15.2. The number of nitrogens with zero attached hydrogens (tertiary/aromatic N) is 1. The van der Waals surface area contributed by atoms with E-state index in [9.17, 15) is 4.79 Å². The summed E-state index contributed by atoms with van der Waals surface area (Å²) >= 11 is 0. The van der Waals surface area contributed by atoms with Crippen LogP contribution < -0.4 is 4.74 Å². The van der Waals surface area contributed by atoms with E-state index >= 15 is 0 Å². The molecule has 2 aromatic rings. The van der Waals surface area contributed by atoms with E-state index in [2.05, 4.69) is 45.3 Å². The number of quaternary nitrogens is 1. The van der Waals surface area contributed by atoms with Crippen LogP contribution in [0.4, 0.5) is 0 Å². The highest BCUT2D eigenvalue weighted by atomic mass is 16.7. The SMILES string of the molecule is CCCCCCCCCCCCCc1ccc(OC(C)OC(=O)C(CC)[N+](C)(C)Cc2ccccc2)cc1. The Morgan fingerprint density at radius 2 is 1.29 bits per heavy atom. The second kappa shape index (κ2) is 18.0. The molecular weight excluding hydrogens is 470 g/mol. The summed E-state index contributed by atoms with van der Waals surface area (Å²) in [6, 6.07) is 18.3. The van der Waals surface area contributed by atoms with Gasteiger partial charge in [-0.3, -0.25) is 0 Å². The van der Waals surface area contributed by atoms with Crippen LogP contribution in [0.2, 0.25) is 0 Å². The molecule has 0 aliphatic rings. The van der Waals surface area contributed by atoms with Gasteiger partial charge < -0.3 is 14.0 Å². The molecule has 2 aromatic carbocycles. The summed E-state index contributed by atoms with van der Waals surface area (Å²) in [6.07, 6.45) is 16.2. The van der Waals surface area contributed by atoms with Crippen molar-refractivity contribution < 1.29 is 18.8 Å². The van der Waals surface area contributed by atoms with Gasteiger partial charge in [0.05, 0.1) is 14.1 Å². The highest BCUT2D eigenvalue weighted by Crippen LogP contribution is 2.21. The van der Waals surface area contributed by atoms with Crippen LogP contribution in [0, 0.1) is 0 Å². The zero-order valence-electron chi connectivity index (χ0n) is 24.9. The predicted octanol–water partition coefficient (Wildman–Crippen LogP) is 8.86. The summed E-state index contributed by atoms with van der Waals surface area (Å²) in [5, 5.41) is 0. The molecule has 0 N–H and O–H groups in total. The van der Waals surface area contributed by atoms with Crippen LogP contribution in [0.1, 0.15) is 109 Å². The number of unbranched alkanes of at least 4 members (excludes halogenated alkanes) is 10. The average Bonchev–Trinajstić information content (AvgIpc) is 2.88. The third-order valence-corrected chi connectivity index (χ3v) is 7.51. The van der Waals surface area contributed by atoms with Crippen molar-refractivity contribution in [3.05, 3.63) is 65.7 Å². The van der Waals surface area contributed by atoms with Crippen LogP contribution >= 0.6 is 0 Å². The van der Waals surface area contributed by atoms with E-state index in [0.717, 1.165) is 18.7 Å². The molecule has 0 saturated carbocycles. The molecule has 0 spiro atoms. The molecule has 0 heterocycles.